The maximum Gasteiger partial charge on any atom is 0.306 e. The van der Waals surface area contributed by atoms with Crippen LogP contribution in [0.2, 0.25) is 0 Å². The van der Waals surface area contributed by atoms with E-state index in [0.717, 1.165) is 60.8 Å². The molecule has 0 aliphatic rings. The summed E-state index contributed by atoms with van der Waals surface area (Å²) in [6, 6.07) is 9.95. The van der Waals surface area contributed by atoms with E-state index in [2.05, 4.69) is 53.3 Å². The average molecular weight is 946 g/mol. The van der Waals surface area contributed by atoms with Crippen LogP contribution in [0, 0.1) is 48.3 Å². The molecular formula is C52H75N5O9S. The molecule has 368 valence electrons. The Balaban J connectivity index is 1.84. The first-order valence-electron chi connectivity index (χ1n) is 24.2. The van der Waals surface area contributed by atoms with Crippen molar-refractivity contribution in [3.8, 4) is 12.1 Å². The topological polar surface area (TPSA) is 190 Å². The first-order chi connectivity index (χ1) is 32.7. The number of rotatable bonds is 40. The second-order valence-corrected chi connectivity index (χ2v) is 17.4. The molecule has 0 saturated carbocycles. The molecule has 2 rings (SSSR count). The summed E-state index contributed by atoms with van der Waals surface area (Å²) >= 11 is 1.13. The van der Waals surface area contributed by atoms with Gasteiger partial charge in [-0.05, 0) is 81.7 Å². The number of esters is 2. The lowest BCUT2D eigenvalue weighted by molar-refractivity contribution is -0.147. The monoisotopic (exact) mass is 946 g/mol. The van der Waals surface area contributed by atoms with E-state index in [1.165, 1.54) is 51.4 Å². The number of hydrogen-bond acceptors (Lipinski definition) is 15. The molecule has 0 spiro atoms. The van der Waals surface area contributed by atoms with Crippen LogP contribution in [0.1, 0.15) is 138 Å². The van der Waals surface area contributed by atoms with Crippen LogP contribution in [-0.4, -0.2) is 90.5 Å². The molecule has 0 saturated heterocycles. The number of benzene rings is 1. The molecule has 0 aliphatic heterocycles. The van der Waals surface area contributed by atoms with Gasteiger partial charge < -0.3 is 38.2 Å². The number of carbonyl (C=O) groups excluding carboxylic acids is 4. The number of aryl methyl sites for hydroxylation is 1. The summed E-state index contributed by atoms with van der Waals surface area (Å²) in [5.74, 6) is -1.67. The lowest BCUT2D eigenvalue weighted by Gasteiger charge is -2.25. The number of unbranched alkanes of at least 4 members (excludes halogenated alkanes) is 10. The number of thiophene rings is 1. The zero-order valence-electron chi connectivity index (χ0n) is 40.6. The highest BCUT2D eigenvalue weighted by atomic mass is 32.1. The number of hydrogen-bond donors (Lipinski definition) is 0. The Labute approximate surface area is 403 Å². The van der Waals surface area contributed by atoms with E-state index in [9.17, 15) is 29.7 Å². The van der Waals surface area contributed by atoms with Crippen LogP contribution < -0.4 is 4.90 Å². The minimum Gasteiger partial charge on any atom is -0.463 e. The normalized spacial score (nSPS) is 12.3. The second kappa shape index (κ2) is 38.0. The van der Waals surface area contributed by atoms with Crippen molar-refractivity contribution in [2.45, 2.75) is 130 Å². The molecule has 2 unspecified atom stereocenters. The largest absolute Gasteiger partial charge is 0.463 e. The van der Waals surface area contributed by atoms with Crippen LogP contribution in [0.5, 0.6) is 0 Å². The number of nitriles is 2. The molecule has 2 atom stereocenters. The van der Waals surface area contributed by atoms with Crippen LogP contribution in [-0.2, 0) is 42.9 Å². The van der Waals surface area contributed by atoms with Crippen molar-refractivity contribution in [3.05, 3.63) is 64.1 Å². The maximum absolute atomic E-state index is 12.4. The van der Waals surface area contributed by atoms with E-state index < -0.39 is 23.8 Å². The molecule has 1 aromatic carbocycles. The van der Waals surface area contributed by atoms with E-state index in [1.807, 2.05) is 37.3 Å². The number of carbonyl (C=O) groups is 4. The van der Waals surface area contributed by atoms with Gasteiger partial charge in [0.25, 0.3) is 0 Å². The van der Waals surface area contributed by atoms with Gasteiger partial charge in [-0.15, -0.1) is 21.6 Å². The van der Waals surface area contributed by atoms with Gasteiger partial charge in [-0.1, -0.05) is 89.5 Å². The Morgan fingerprint density at radius 3 is 1.66 bits per heavy atom. The van der Waals surface area contributed by atoms with Crippen LogP contribution in [0.4, 0.5) is 16.4 Å². The predicted molar refractivity (Wildman–Crippen MR) is 263 cm³/mol. The van der Waals surface area contributed by atoms with E-state index in [-0.39, 0.29) is 39.3 Å². The van der Waals surface area contributed by atoms with Crippen LogP contribution >= 0.6 is 11.3 Å². The second-order valence-electron chi connectivity index (χ2n) is 16.4. The van der Waals surface area contributed by atoms with Gasteiger partial charge in [0.05, 0.1) is 63.7 Å². The smallest absolute Gasteiger partial charge is 0.306 e. The molecule has 1 heterocycles. The fourth-order valence-corrected chi connectivity index (χ4v) is 7.73. The Hall–Kier alpha value is -5.06. The SMILES string of the molecule is CCCCCCC/C=C/CC(C=O)CC(=O)OCCOCCOCCN(CCOCCOC(=O)CC(C=O)C/C=C/CCCCCCC)c1ccc(N=Nc2sc(C#N)c(C)c2C#N)c(C)c1. The Bertz CT molecular complexity index is 1900. The van der Waals surface area contributed by atoms with Gasteiger partial charge >= 0.3 is 11.9 Å². The standard InChI is InChI=1S/C52H75N5O9S/c1-5-7-9-11-13-15-17-19-21-44(40-58)36-50(60)65-33-31-63-28-26-57(46-23-24-48(42(3)35-46)55-56-52-47(38-53)43(4)49(39-54)67-52)25-27-62-29-30-64-32-34-66-51(61)37-45(41-59)22-20-18-16-14-12-10-8-6-2/h17-20,23-24,35,40-41,44-45H,5-16,21-22,25-34,36-37H2,1-4H3/b19-17+,20-18+,56-55?. The molecule has 67 heavy (non-hydrogen) atoms. The van der Waals surface area contributed by atoms with Crippen LogP contribution in [0.15, 0.2) is 52.7 Å². The highest BCUT2D eigenvalue weighted by molar-refractivity contribution is 7.16. The Morgan fingerprint density at radius 1 is 0.672 bits per heavy atom. The minimum absolute atomic E-state index is 0.0272. The highest BCUT2D eigenvalue weighted by Crippen LogP contribution is 2.36. The predicted octanol–water partition coefficient (Wildman–Crippen LogP) is 11.5. The zero-order chi connectivity index (χ0) is 48.7. The van der Waals surface area contributed by atoms with Gasteiger partial charge in [0.15, 0.2) is 5.00 Å². The number of allylic oxidation sites excluding steroid dienone is 4. The lowest BCUT2D eigenvalue weighted by Crippen LogP contribution is -2.31. The third kappa shape index (κ3) is 26.2. The summed E-state index contributed by atoms with van der Waals surface area (Å²) in [6.07, 6.45) is 25.0. The minimum atomic E-state index is -0.432. The molecule has 0 bridgehead atoms. The summed E-state index contributed by atoms with van der Waals surface area (Å²) < 4.78 is 28.0. The molecule has 0 amide bonds. The van der Waals surface area contributed by atoms with E-state index in [1.54, 1.807) is 6.92 Å². The fraction of sp³-hybridized carbons (Fsp3) is 0.615. The first-order valence-corrected chi connectivity index (χ1v) is 25.0. The van der Waals surface area contributed by atoms with Crippen LogP contribution in [0.25, 0.3) is 0 Å². The maximum atomic E-state index is 12.4. The van der Waals surface area contributed by atoms with E-state index in [4.69, 9.17) is 23.7 Å². The molecule has 0 aliphatic carbocycles. The number of anilines is 1. The summed E-state index contributed by atoms with van der Waals surface area (Å²) in [4.78, 5) is 50.4. The molecule has 1 aromatic heterocycles. The number of azo groups is 1. The fourth-order valence-electron chi connectivity index (χ4n) is 6.86. The van der Waals surface area contributed by atoms with Gasteiger partial charge in [0.2, 0.25) is 0 Å². The van der Waals surface area contributed by atoms with Gasteiger partial charge in [-0.25, -0.2) is 0 Å². The zero-order valence-corrected chi connectivity index (χ0v) is 41.4. The summed E-state index contributed by atoms with van der Waals surface area (Å²) in [6.45, 7) is 10.9. The summed E-state index contributed by atoms with van der Waals surface area (Å²) in [7, 11) is 0. The first kappa shape index (κ1) is 58.1. The van der Waals surface area contributed by atoms with Crippen molar-refractivity contribution in [3.63, 3.8) is 0 Å². The number of nitrogens with zero attached hydrogens (tertiary/aromatic N) is 5. The number of ether oxygens (including phenoxy) is 5. The van der Waals surface area contributed by atoms with Crippen molar-refractivity contribution in [1.82, 2.24) is 0 Å². The third-order valence-corrected chi connectivity index (χ3v) is 12.0. The molecule has 0 N–H and O–H groups in total. The lowest BCUT2D eigenvalue weighted by atomic mass is 10.0. The molecule has 2 aromatic rings. The van der Waals surface area contributed by atoms with E-state index in [0.29, 0.717) is 79.1 Å². The Kier molecular flexibility index (Phi) is 32.9. The quantitative estimate of drug-likeness (QED) is 0.0202. The van der Waals surface area contributed by atoms with Crippen molar-refractivity contribution < 1.29 is 42.9 Å². The van der Waals surface area contributed by atoms with Crippen molar-refractivity contribution in [1.29, 1.82) is 10.5 Å². The average Bonchev–Trinajstić information content (AvgIpc) is 3.64. The summed E-state index contributed by atoms with van der Waals surface area (Å²) in [5, 5.41) is 28.1. The highest BCUT2D eigenvalue weighted by Gasteiger charge is 2.17. The van der Waals surface area contributed by atoms with Crippen molar-refractivity contribution >= 4 is 52.2 Å². The van der Waals surface area contributed by atoms with Gasteiger partial charge in [0.1, 0.15) is 42.8 Å². The molecular weight excluding hydrogens is 871 g/mol. The summed E-state index contributed by atoms with van der Waals surface area (Å²) in [5.41, 5.74) is 3.28. The van der Waals surface area contributed by atoms with Crippen molar-refractivity contribution in [2.24, 2.45) is 22.1 Å². The van der Waals surface area contributed by atoms with Gasteiger partial charge in [-0.2, -0.15) is 10.5 Å². The Morgan fingerprint density at radius 2 is 1.18 bits per heavy atom. The molecule has 0 radical (unpaired) electrons. The van der Waals surface area contributed by atoms with E-state index >= 15 is 0 Å². The molecule has 15 heteroatoms. The number of aldehydes is 2. The van der Waals surface area contributed by atoms with Crippen molar-refractivity contribution in [2.75, 3.05) is 70.8 Å². The van der Waals surface area contributed by atoms with Gasteiger partial charge in [-0.3, -0.25) is 9.59 Å². The van der Waals surface area contributed by atoms with Crippen LogP contribution in [0.3, 0.4) is 0 Å². The third-order valence-electron chi connectivity index (χ3n) is 10.9. The molecule has 14 nitrogen and oxygen atoms in total. The molecule has 0 fully saturated rings. The van der Waals surface area contributed by atoms with Gasteiger partial charge in [0, 0.05) is 30.6 Å².